The van der Waals surface area contributed by atoms with Crippen LogP contribution in [-0.4, -0.2) is 50.0 Å². The maximum Gasteiger partial charge on any atom is 0.270 e. The molecule has 6 nitrogen and oxygen atoms in total. The number of rotatable bonds is 4. The van der Waals surface area contributed by atoms with Crippen molar-refractivity contribution in [3.63, 3.8) is 0 Å². The summed E-state index contributed by atoms with van der Waals surface area (Å²) in [6, 6.07) is 10.1. The highest BCUT2D eigenvalue weighted by atomic mass is 16.3. The van der Waals surface area contributed by atoms with Crippen LogP contribution in [0.2, 0.25) is 0 Å². The van der Waals surface area contributed by atoms with Crippen LogP contribution in [0.4, 0.5) is 0 Å². The number of aliphatic hydroxyl groups is 1. The second-order valence-corrected chi connectivity index (χ2v) is 7.19. The molecule has 0 unspecified atom stereocenters. The summed E-state index contributed by atoms with van der Waals surface area (Å²) in [5.74, 6) is 0.0285. The molecule has 3 aromatic rings. The largest absolute Gasteiger partial charge is 0.389 e. The molecule has 26 heavy (non-hydrogen) atoms. The average molecular weight is 352 g/mol. The monoisotopic (exact) mass is 352 g/mol. The zero-order chi connectivity index (χ0) is 18.4. The quantitative estimate of drug-likeness (QED) is 0.782. The lowest BCUT2D eigenvalue weighted by molar-refractivity contribution is 0.0761. The van der Waals surface area contributed by atoms with Crippen molar-refractivity contribution in [2.45, 2.75) is 39.5 Å². The first-order chi connectivity index (χ1) is 12.5. The lowest BCUT2D eigenvalue weighted by atomic mass is 10.0. The fraction of sp³-hybridized carbons (Fsp3) is 0.400. The third-order valence-corrected chi connectivity index (χ3v) is 5.20. The molecule has 1 atom stereocenters. The number of aromatic nitrogens is 3. The number of nitrogens with zero attached hydrogens (tertiary/aromatic N) is 4. The first kappa shape index (κ1) is 16.8. The summed E-state index contributed by atoms with van der Waals surface area (Å²) >= 11 is 0. The van der Waals surface area contributed by atoms with Gasteiger partial charge < -0.3 is 14.6 Å². The normalized spacial score (nSPS) is 15.5. The van der Waals surface area contributed by atoms with Gasteiger partial charge in [0.2, 0.25) is 0 Å². The summed E-state index contributed by atoms with van der Waals surface area (Å²) in [7, 11) is 1.83. The molecule has 136 valence electrons. The maximum atomic E-state index is 12.8. The topological polar surface area (TPSA) is 63.3 Å². The first-order valence-electron chi connectivity index (χ1n) is 9.00. The van der Waals surface area contributed by atoms with Crippen molar-refractivity contribution < 1.29 is 9.90 Å². The summed E-state index contributed by atoms with van der Waals surface area (Å²) in [4.78, 5) is 14.6. The van der Waals surface area contributed by atoms with Gasteiger partial charge in [-0.1, -0.05) is 18.2 Å². The van der Waals surface area contributed by atoms with E-state index in [4.69, 9.17) is 0 Å². The second kappa shape index (κ2) is 6.29. The highest BCUT2D eigenvalue weighted by molar-refractivity contribution is 6.02. The summed E-state index contributed by atoms with van der Waals surface area (Å²) in [5.41, 5.74) is 4.79. The van der Waals surface area contributed by atoms with Gasteiger partial charge in [-0.05, 0) is 38.0 Å². The number of carbonyl (C=O) groups excluding carboxylic acids is 1. The van der Waals surface area contributed by atoms with Crippen LogP contribution in [0.5, 0.6) is 0 Å². The van der Waals surface area contributed by atoms with Crippen LogP contribution in [0.1, 0.15) is 27.4 Å². The van der Waals surface area contributed by atoms with Crippen molar-refractivity contribution in [3.8, 4) is 0 Å². The van der Waals surface area contributed by atoms with Gasteiger partial charge in [0.05, 0.1) is 24.9 Å². The SMILES string of the molecule is Cc1cc(C)n(C[C@@H](O)Cn2c3c(c4ccccc42)CCN(C)C3=O)n1. The second-order valence-electron chi connectivity index (χ2n) is 7.19. The molecule has 0 saturated heterocycles. The average Bonchev–Trinajstić information content (AvgIpc) is 3.09. The van der Waals surface area contributed by atoms with Crippen LogP contribution in [0.3, 0.4) is 0 Å². The number of fused-ring (bicyclic) bond motifs is 3. The number of amides is 1. The van der Waals surface area contributed by atoms with Crippen LogP contribution in [-0.2, 0) is 19.5 Å². The van der Waals surface area contributed by atoms with E-state index in [1.807, 2.05) is 54.4 Å². The number of aryl methyl sites for hydroxylation is 2. The van der Waals surface area contributed by atoms with Crippen molar-refractivity contribution in [2.24, 2.45) is 0 Å². The van der Waals surface area contributed by atoms with Gasteiger partial charge in [-0.2, -0.15) is 5.10 Å². The number of para-hydroxylation sites is 1. The maximum absolute atomic E-state index is 12.8. The predicted molar refractivity (Wildman–Crippen MR) is 100 cm³/mol. The molecule has 1 aliphatic heterocycles. The van der Waals surface area contributed by atoms with Gasteiger partial charge in [-0.25, -0.2) is 0 Å². The standard InChI is InChI=1S/C20H24N4O2/c1-13-10-14(2)24(21-13)12-15(25)11-23-18-7-5-4-6-16(18)17-8-9-22(3)20(26)19(17)23/h4-7,10,15,25H,8-9,11-12H2,1-3H3/t15-/m0/s1. The Bertz CT molecular complexity index is 985. The van der Waals surface area contributed by atoms with Crippen LogP contribution in [0, 0.1) is 13.8 Å². The van der Waals surface area contributed by atoms with Crippen LogP contribution >= 0.6 is 0 Å². The minimum atomic E-state index is -0.632. The number of benzene rings is 1. The van der Waals surface area contributed by atoms with E-state index >= 15 is 0 Å². The molecule has 0 radical (unpaired) electrons. The Morgan fingerprint density at radius 1 is 1.23 bits per heavy atom. The molecule has 6 heteroatoms. The molecule has 0 aliphatic carbocycles. The van der Waals surface area contributed by atoms with Gasteiger partial charge in [0, 0.05) is 30.2 Å². The van der Waals surface area contributed by atoms with Crippen molar-refractivity contribution >= 4 is 16.8 Å². The van der Waals surface area contributed by atoms with Crippen molar-refractivity contribution in [1.82, 2.24) is 19.2 Å². The number of likely N-dealkylation sites (N-methyl/N-ethyl adjacent to an activating group) is 1. The Labute approximate surface area is 152 Å². The van der Waals surface area contributed by atoms with Gasteiger partial charge in [-0.3, -0.25) is 9.48 Å². The highest BCUT2D eigenvalue weighted by Crippen LogP contribution is 2.30. The fourth-order valence-corrected chi connectivity index (χ4v) is 3.95. The summed E-state index contributed by atoms with van der Waals surface area (Å²) in [5, 5.41) is 16.3. The first-order valence-corrected chi connectivity index (χ1v) is 9.00. The van der Waals surface area contributed by atoms with Gasteiger partial charge in [-0.15, -0.1) is 0 Å². The Hall–Kier alpha value is -2.60. The molecule has 1 amide bonds. The van der Waals surface area contributed by atoms with E-state index in [0.29, 0.717) is 18.8 Å². The van der Waals surface area contributed by atoms with E-state index < -0.39 is 6.10 Å². The van der Waals surface area contributed by atoms with Gasteiger partial charge in [0.1, 0.15) is 5.69 Å². The fourth-order valence-electron chi connectivity index (χ4n) is 3.95. The molecule has 1 N–H and O–H groups in total. The smallest absolute Gasteiger partial charge is 0.270 e. The van der Waals surface area contributed by atoms with E-state index in [2.05, 4.69) is 11.2 Å². The van der Waals surface area contributed by atoms with Crippen molar-refractivity contribution in [1.29, 1.82) is 0 Å². The van der Waals surface area contributed by atoms with Crippen LogP contribution < -0.4 is 0 Å². The van der Waals surface area contributed by atoms with E-state index in [1.54, 1.807) is 4.90 Å². The zero-order valence-electron chi connectivity index (χ0n) is 15.4. The molecular formula is C20H24N4O2. The molecule has 0 bridgehead atoms. The molecular weight excluding hydrogens is 328 g/mol. The Kier molecular flexibility index (Phi) is 4.07. The molecule has 3 heterocycles. The summed E-state index contributed by atoms with van der Waals surface area (Å²) < 4.78 is 3.81. The van der Waals surface area contributed by atoms with Gasteiger partial charge in [0.15, 0.2) is 0 Å². The third-order valence-electron chi connectivity index (χ3n) is 5.20. The predicted octanol–water partition coefficient (Wildman–Crippen LogP) is 2.14. The molecule has 0 fully saturated rings. The van der Waals surface area contributed by atoms with Gasteiger partial charge in [0.25, 0.3) is 5.91 Å². The Balaban J connectivity index is 1.72. The summed E-state index contributed by atoms with van der Waals surface area (Å²) in [6.07, 6.45) is 0.214. The zero-order valence-corrected chi connectivity index (χ0v) is 15.4. The third kappa shape index (κ3) is 2.70. The van der Waals surface area contributed by atoms with Crippen LogP contribution in [0.15, 0.2) is 30.3 Å². The summed E-state index contributed by atoms with van der Waals surface area (Å²) in [6.45, 7) is 5.44. The van der Waals surface area contributed by atoms with E-state index in [0.717, 1.165) is 40.8 Å². The highest BCUT2D eigenvalue weighted by Gasteiger charge is 2.29. The Morgan fingerprint density at radius 3 is 2.73 bits per heavy atom. The lowest BCUT2D eigenvalue weighted by Gasteiger charge is -2.25. The lowest BCUT2D eigenvalue weighted by Crippen LogP contribution is -2.36. The molecule has 1 aromatic carbocycles. The van der Waals surface area contributed by atoms with Crippen LogP contribution in [0.25, 0.3) is 10.9 Å². The molecule has 0 spiro atoms. The number of aliphatic hydroxyl groups excluding tert-OH is 1. The number of carbonyl (C=O) groups is 1. The molecule has 1 aliphatic rings. The molecule has 4 rings (SSSR count). The van der Waals surface area contributed by atoms with Crippen molar-refractivity contribution in [2.75, 3.05) is 13.6 Å². The molecule has 0 saturated carbocycles. The van der Waals surface area contributed by atoms with E-state index in [1.165, 1.54) is 0 Å². The molecule has 2 aromatic heterocycles. The number of hydrogen-bond donors (Lipinski definition) is 1. The minimum absolute atomic E-state index is 0.0285. The van der Waals surface area contributed by atoms with Crippen molar-refractivity contribution in [3.05, 3.63) is 53.0 Å². The Morgan fingerprint density at radius 2 is 2.00 bits per heavy atom. The van der Waals surface area contributed by atoms with E-state index in [-0.39, 0.29) is 5.91 Å². The van der Waals surface area contributed by atoms with Gasteiger partial charge >= 0.3 is 0 Å². The number of hydrogen-bond acceptors (Lipinski definition) is 3. The van der Waals surface area contributed by atoms with E-state index in [9.17, 15) is 9.90 Å². The minimum Gasteiger partial charge on any atom is -0.389 e.